The number of carbonyl (C=O) groups is 1. The number of alkyl halides is 2. The lowest BCUT2D eigenvalue weighted by atomic mass is 10.0. The van der Waals surface area contributed by atoms with Gasteiger partial charge in [0.25, 0.3) is 0 Å². The molecule has 2 heterocycles. The van der Waals surface area contributed by atoms with Crippen molar-refractivity contribution in [2.45, 2.75) is 32.5 Å². The average Bonchev–Trinajstić information content (AvgIpc) is 3.39. The predicted octanol–water partition coefficient (Wildman–Crippen LogP) is 6.58. The molecule has 186 valence electrons. The van der Waals surface area contributed by atoms with E-state index in [1.165, 1.54) is 17.1 Å². The van der Waals surface area contributed by atoms with Crippen molar-refractivity contribution < 1.29 is 23.0 Å². The fourth-order valence-electron chi connectivity index (χ4n) is 4.41. The van der Waals surface area contributed by atoms with Gasteiger partial charge in [-0.25, -0.2) is 9.80 Å². The highest BCUT2D eigenvalue weighted by Gasteiger charge is 2.31. The van der Waals surface area contributed by atoms with Gasteiger partial charge in [-0.15, -0.1) is 0 Å². The van der Waals surface area contributed by atoms with Crippen LogP contribution in [-0.4, -0.2) is 29.8 Å². The summed E-state index contributed by atoms with van der Waals surface area (Å²) in [5.41, 5.74) is 7.75. The van der Waals surface area contributed by atoms with Crippen LogP contribution >= 0.6 is 11.6 Å². The first-order chi connectivity index (χ1) is 17.2. The van der Waals surface area contributed by atoms with Gasteiger partial charge in [-0.1, -0.05) is 35.9 Å². The molecule has 2 amide bonds. The van der Waals surface area contributed by atoms with Gasteiger partial charge in [0.05, 0.1) is 12.2 Å². The zero-order valence-corrected chi connectivity index (χ0v) is 20.4. The molecule has 0 spiro atoms. The zero-order chi connectivity index (χ0) is 25.4. The molecular weight excluding hydrogens is 488 g/mol. The van der Waals surface area contributed by atoms with Gasteiger partial charge < -0.3 is 14.8 Å². The smallest absolute Gasteiger partial charge is 0.387 e. The topological polar surface area (TPSA) is 62.8 Å². The minimum Gasteiger partial charge on any atom is -0.487 e. The van der Waals surface area contributed by atoms with E-state index in [0.29, 0.717) is 16.4 Å². The Morgan fingerprint density at radius 1 is 1.08 bits per heavy atom. The van der Waals surface area contributed by atoms with Gasteiger partial charge in [0.15, 0.2) is 0 Å². The van der Waals surface area contributed by atoms with Gasteiger partial charge in [-0.05, 0) is 67.4 Å². The average molecular weight is 512 g/mol. The Labute approximate surface area is 212 Å². The summed E-state index contributed by atoms with van der Waals surface area (Å²) in [5.74, 6) is 0.886. The van der Waals surface area contributed by atoms with E-state index >= 15 is 0 Å². The molecule has 3 aromatic carbocycles. The molecule has 3 aromatic rings. The fourth-order valence-corrected chi connectivity index (χ4v) is 4.53. The van der Waals surface area contributed by atoms with Gasteiger partial charge in [-0.2, -0.15) is 8.78 Å². The van der Waals surface area contributed by atoms with E-state index in [9.17, 15) is 13.6 Å². The number of urea groups is 1. The van der Waals surface area contributed by atoms with E-state index in [2.05, 4.69) is 15.5 Å². The second kappa shape index (κ2) is 9.35. The number of rotatable bonds is 5. The van der Waals surface area contributed by atoms with E-state index in [1.807, 2.05) is 44.2 Å². The summed E-state index contributed by atoms with van der Waals surface area (Å²) in [7, 11) is 0. The van der Waals surface area contributed by atoms with Crippen molar-refractivity contribution in [3.8, 4) is 11.5 Å². The van der Waals surface area contributed by atoms with E-state index in [0.717, 1.165) is 34.4 Å². The van der Waals surface area contributed by atoms with Crippen LogP contribution in [0.2, 0.25) is 5.02 Å². The predicted molar refractivity (Wildman–Crippen MR) is 135 cm³/mol. The highest BCUT2D eigenvalue weighted by molar-refractivity contribution is 6.30. The van der Waals surface area contributed by atoms with Crippen molar-refractivity contribution in [3.63, 3.8) is 0 Å². The Balaban J connectivity index is 1.38. The maximum absolute atomic E-state index is 13.2. The number of ether oxygens (including phenoxy) is 2. The van der Waals surface area contributed by atoms with Crippen LogP contribution < -0.4 is 20.2 Å². The Bertz CT molecular complexity index is 1330. The lowest BCUT2D eigenvalue weighted by Gasteiger charge is -2.19. The molecule has 0 unspecified atom stereocenters. The van der Waals surface area contributed by atoms with Gasteiger partial charge >= 0.3 is 12.6 Å². The number of amides is 2. The van der Waals surface area contributed by atoms with Crippen LogP contribution in [0.25, 0.3) is 11.3 Å². The third kappa shape index (κ3) is 5.09. The molecule has 9 heteroatoms. The minimum atomic E-state index is -2.90. The fraction of sp³-hybridized carbons (Fsp3) is 0.222. The monoisotopic (exact) mass is 511 g/mol. The Morgan fingerprint density at radius 3 is 2.47 bits per heavy atom. The number of nitrogens with one attached hydrogen (secondary N) is 2. The summed E-state index contributed by atoms with van der Waals surface area (Å²) in [6.45, 7) is 1.40. The van der Waals surface area contributed by atoms with E-state index in [-0.39, 0.29) is 23.9 Å². The number of benzene rings is 3. The Kier molecular flexibility index (Phi) is 6.22. The largest absolute Gasteiger partial charge is 0.487 e. The van der Waals surface area contributed by atoms with Crippen LogP contribution in [0.5, 0.6) is 11.5 Å². The van der Waals surface area contributed by atoms with Crippen LogP contribution in [0.4, 0.5) is 19.3 Å². The lowest BCUT2D eigenvalue weighted by Crippen LogP contribution is -2.40. The second-order valence-corrected chi connectivity index (χ2v) is 9.69. The molecule has 0 bridgehead atoms. The first kappa shape index (κ1) is 23.9. The van der Waals surface area contributed by atoms with E-state index in [1.54, 1.807) is 24.3 Å². The van der Waals surface area contributed by atoms with Crippen LogP contribution in [0, 0.1) is 0 Å². The van der Waals surface area contributed by atoms with E-state index in [4.69, 9.17) is 16.3 Å². The van der Waals surface area contributed by atoms with Crippen LogP contribution in [0.1, 0.15) is 30.5 Å². The SMILES string of the molecule is CC1(C)Cc2cc(NC(=O)N3CC(c4ccc(OC(F)F)cc4)=C(c4ccc(Cl)cc4)N3)ccc2O1. The molecule has 0 saturated carbocycles. The van der Waals surface area contributed by atoms with E-state index < -0.39 is 6.61 Å². The lowest BCUT2D eigenvalue weighted by molar-refractivity contribution is -0.0498. The molecule has 2 aliphatic heterocycles. The minimum absolute atomic E-state index is 0.0618. The molecule has 6 nitrogen and oxygen atoms in total. The summed E-state index contributed by atoms with van der Waals surface area (Å²) in [6.07, 6.45) is 0.756. The van der Waals surface area contributed by atoms with Crippen LogP contribution in [-0.2, 0) is 6.42 Å². The number of anilines is 1. The molecule has 0 atom stereocenters. The molecule has 0 saturated heterocycles. The summed E-state index contributed by atoms with van der Waals surface area (Å²) in [5, 5.41) is 5.00. The highest BCUT2D eigenvalue weighted by Crippen LogP contribution is 2.37. The molecule has 0 aromatic heterocycles. The second-order valence-electron chi connectivity index (χ2n) is 9.25. The van der Waals surface area contributed by atoms with Crippen molar-refractivity contribution >= 4 is 34.6 Å². The van der Waals surface area contributed by atoms with Gasteiger partial charge in [-0.3, -0.25) is 5.43 Å². The van der Waals surface area contributed by atoms with Crippen molar-refractivity contribution in [3.05, 3.63) is 88.4 Å². The molecule has 36 heavy (non-hydrogen) atoms. The molecule has 0 fully saturated rings. The molecule has 2 aliphatic rings. The first-order valence-electron chi connectivity index (χ1n) is 11.4. The Morgan fingerprint density at radius 2 is 1.78 bits per heavy atom. The molecular formula is C27H24ClF2N3O3. The van der Waals surface area contributed by atoms with Gasteiger partial charge in [0.2, 0.25) is 0 Å². The van der Waals surface area contributed by atoms with Crippen molar-refractivity contribution in [1.82, 2.24) is 10.4 Å². The third-order valence-corrected chi connectivity index (χ3v) is 6.24. The van der Waals surface area contributed by atoms with Crippen molar-refractivity contribution in [2.75, 3.05) is 11.9 Å². The maximum atomic E-state index is 13.2. The number of hydrogen-bond acceptors (Lipinski definition) is 4. The highest BCUT2D eigenvalue weighted by atomic mass is 35.5. The first-order valence-corrected chi connectivity index (χ1v) is 11.8. The molecule has 2 N–H and O–H groups in total. The number of hydrazine groups is 1. The number of carbonyl (C=O) groups excluding carboxylic acids is 1. The number of hydrogen-bond donors (Lipinski definition) is 2. The maximum Gasteiger partial charge on any atom is 0.387 e. The molecule has 0 aliphatic carbocycles. The van der Waals surface area contributed by atoms with Crippen LogP contribution in [0.15, 0.2) is 66.7 Å². The summed E-state index contributed by atoms with van der Waals surface area (Å²) in [4.78, 5) is 13.2. The summed E-state index contributed by atoms with van der Waals surface area (Å²) >= 11 is 6.06. The van der Waals surface area contributed by atoms with Crippen molar-refractivity contribution in [2.24, 2.45) is 0 Å². The Hall–Kier alpha value is -3.78. The standard InChI is InChI=1S/C27H24ClF2N3O3/c1-27(2)14-18-13-20(9-12-23(18)36-27)31-26(34)33-15-22(16-5-10-21(11-6-16)35-25(29)30)24(32-33)17-3-7-19(28)8-4-17/h3-13,25,32H,14-15H2,1-2H3,(H,31,34). The van der Waals surface area contributed by atoms with Crippen molar-refractivity contribution in [1.29, 1.82) is 0 Å². The number of halogens is 3. The summed E-state index contributed by atoms with van der Waals surface area (Å²) < 4.78 is 35.5. The number of fused-ring (bicyclic) bond motifs is 1. The van der Waals surface area contributed by atoms with Crippen LogP contribution in [0.3, 0.4) is 0 Å². The normalized spacial score (nSPS) is 16.0. The van der Waals surface area contributed by atoms with Gasteiger partial charge in [0.1, 0.15) is 17.1 Å². The van der Waals surface area contributed by atoms with Gasteiger partial charge in [0, 0.05) is 28.3 Å². The summed E-state index contributed by atoms with van der Waals surface area (Å²) in [6, 6.07) is 18.8. The number of nitrogens with zero attached hydrogens (tertiary/aromatic N) is 1. The molecule has 0 radical (unpaired) electrons. The molecule has 5 rings (SSSR count). The quantitative estimate of drug-likeness (QED) is 0.406. The zero-order valence-electron chi connectivity index (χ0n) is 19.6. The third-order valence-electron chi connectivity index (χ3n) is 5.98.